The molecule has 0 saturated carbocycles. The highest BCUT2D eigenvalue weighted by Gasteiger charge is 2.02. The van der Waals surface area contributed by atoms with Gasteiger partial charge in [-0.1, -0.05) is 6.92 Å². The molecule has 0 radical (unpaired) electrons. The molecule has 3 nitrogen and oxygen atoms in total. The molecular formula is C10H13N3S2. The molecule has 0 aliphatic carbocycles. The van der Waals surface area contributed by atoms with Gasteiger partial charge in [0.15, 0.2) is 0 Å². The first kappa shape index (κ1) is 10.6. The van der Waals surface area contributed by atoms with E-state index in [0.717, 1.165) is 23.9 Å². The maximum absolute atomic E-state index is 4.35. The van der Waals surface area contributed by atoms with Crippen molar-refractivity contribution in [1.29, 1.82) is 0 Å². The molecule has 0 bridgehead atoms. The molecule has 0 unspecified atom stereocenters. The molecule has 2 aromatic heterocycles. The standard InChI is InChI=1S/C10H13N3S2/c1-3-9-12-10(15-13-9)11-6-8-5-4-7(2)14-8/h4-5H,3,6H2,1-2H3,(H,11,12,13). The third-order valence-corrected chi connectivity index (χ3v) is 3.71. The van der Waals surface area contributed by atoms with Crippen molar-refractivity contribution in [1.82, 2.24) is 9.36 Å². The van der Waals surface area contributed by atoms with Gasteiger partial charge in [0, 0.05) is 27.7 Å². The number of aromatic nitrogens is 2. The maximum atomic E-state index is 4.35. The van der Waals surface area contributed by atoms with Crippen LogP contribution in [0.5, 0.6) is 0 Å². The summed E-state index contributed by atoms with van der Waals surface area (Å²) in [6.07, 6.45) is 0.899. The van der Waals surface area contributed by atoms with Gasteiger partial charge in [0.05, 0.1) is 6.54 Å². The Labute approximate surface area is 97.4 Å². The van der Waals surface area contributed by atoms with Gasteiger partial charge in [-0.25, -0.2) is 4.98 Å². The molecule has 1 N–H and O–H groups in total. The average molecular weight is 239 g/mol. The van der Waals surface area contributed by atoms with E-state index in [-0.39, 0.29) is 0 Å². The Morgan fingerprint density at radius 1 is 1.40 bits per heavy atom. The molecule has 0 spiro atoms. The van der Waals surface area contributed by atoms with Crippen molar-refractivity contribution < 1.29 is 0 Å². The number of nitrogens with one attached hydrogen (secondary N) is 1. The molecule has 15 heavy (non-hydrogen) atoms. The number of hydrogen-bond acceptors (Lipinski definition) is 5. The number of anilines is 1. The molecule has 80 valence electrons. The largest absolute Gasteiger partial charge is 0.355 e. The average Bonchev–Trinajstić information content (AvgIpc) is 2.83. The maximum Gasteiger partial charge on any atom is 0.202 e. The van der Waals surface area contributed by atoms with Crippen molar-refractivity contribution >= 4 is 28.0 Å². The second kappa shape index (κ2) is 4.72. The summed E-state index contributed by atoms with van der Waals surface area (Å²) in [5.41, 5.74) is 0. The summed E-state index contributed by atoms with van der Waals surface area (Å²) >= 11 is 3.25. The van der Waals surface area contributed by atoms with Gasteiger partial charge in [-0.15, -0.1) is 11.3 Å². The quantitative estimate of drug-likeness (QED) is 0.891. The monoisotopic (exact) mass is 239 g/mol. The fourth-order valence-electron chi connectivity index (χ4n) is 1.21. The lowest BCUT2D eigenvalue weighted by Crippen LogP contribution is -1.96. The number of aryl methyl sites for hydroxylation is 2. The van der Waals surface area contributed by atoms with Gasteiger partial charge in [0.2, 0.25) is 5.13 Å². The SMILES string of the molecule is CCc1nsc(NCc2ccc(C)s2)n1. The van der Waals surface area contributed by atoms with Crippen LogP contribution < -0.4 is 5.32 Å². The van der Waals surface area contributed by atoms with Gasteiger partial charge >= 0.3 is 0 Å². The fourth-order valence-corrected chi connectivity index (χ4v) is 2.69. The highest BCUT2D eigenvalue weighted by molar-refractivity contribution is 7.12. The van der Waals surface area contributed by atoms with E-state index in [0.29, 0.717) is 0 Å². The number of hydrogen-bond donors (Lipinski definition) is 1. The lowest BCUT2D eigenvalue weighted by Gasteiger charge is -1.97. The summed E-state index contributed by atoms with van der Waals surface area (Å²) in [4.78, 5) is 7.03. The zero-order valence-electron chi connectivity index (χ0n) is 8.78. The summed E-state index contributed by atoms with van der Waals surface area (Å²) in [6, 6.07) is 4.29. The Hall–Kier alpha value is -0.940. The molecular weight excluding hydrogens is 226 g/mol. The third-order valence-electron chi connectivity index (χ3n) is 1.99. The summed E-state index contributed by atoms with van der Waals surface area (Å²) in [5, 5.41) is 4.20. The van der Waals surface area contributed by atoms with Gasteiger partial charge in [-0.05, 0) is 19.1 Å². The Balaban J connectivity index is 1.93. The van der Waals surface area contributed by atoms with E-state index in [1.165, 1.54) is 21.3 Å². The Morgan fingerprint density at radius 2 is 2.27 bits per heavy atom. The molecule has 2 heterocycles. The van der Waals surface area contributed by atoms with E-state index in [2.05, 4.69) is 40.7 Å². The normalized spacial score (nSPS) is 10.5. The predicted octanol–water partition coefficient (Wildman–Crippen LogP) is 3.08. The van der Waals surface area contributed by atoms with Crippen molar-refractivity contribution in [2.24, 2.45) is 0 Å². The van der Waals surface area contributed by atoms with Crippen molar-refractivity contribution in [2.75, 3.05) is 5.32 Å². The summed E-state index contributed by atoms with van der Waals surface area (Å²) in [5.74, 6) is 0.921. The van der Waals surface area contributed by atoms with Gasteiger partial charge < -0.3 is 5.32 Å². The zero-order chi connectivity index (χ0) is 10.7. The van der Waals surface area contributed by atoms with Crippen LogP contribution in [0.15, 0.2) is 12.1 Å². The molecule has 0 saturated heterocycles. The summed E-state index contributed by atoms with van der Waals surface area (Å²) in [6.45, 7) is 5.03. The third kappa shape index (κ3) is 2.76. The van der Waals surface area contributed by atoms with Crippen molar-refractivity contribution in [2.45, 2.75) is 26.8 Å². The minimum absolute atomic E-state index is 0.844. The molecule has 0 aromatic carbocycles. The van der Waals surface area contributed by atoms with Crippen LogP contribution in [0.3, 0.4) is 0 Å². The molecule has 0 amide bonds. The van der Waals surface area contributed by atoms with Crippen LogP contribution in [0, 0.1) is 6.92 Å². The highest BCUT2D eigenvalue weighted by Crippen LogP contribution is 2.18. The van der Waals surface area contributed by atoms with Gasteiger partial charge in [-0.2, -0.15) is 4.37 Å². The van der Waals surface area contributed by atoms with Gasteiger partial charge in [-0.3, -0.25) is 0 Å². The van der Waals surface area contributed by atoms with E-state index in [1.54, 1.807) is 0 Å². The van der Waals surface area contributed by atoms with Crippen LogP contribution >= 0.6 is 22.9 Å². The summed E-state index contributed by atoms with van der Waals surface area (Å²) < 4.78 is 4.22. The minimum Gasteiger partial charge on any atom is -0.355 e. The number of nitrogens with zero attached hydrogens (tertiary/aromatic N) is 2. The van der Waals surface area contributed by atoms with Crippen LogP contribution in [-0.2, 0) is 13.0 Å². The zero-order valence-corrected chi connectivity index (χ0v) is 10.4. The molecule has 0 fully saturated rings. The molecule has 0 atom stereocenters. The lowest BCUT2D eigenvalue weighted by molar-refractivity contribution is 0.994. The number of thiophene rings is 1. The van der Waals surface area contributed by atoms with E-state index < -0.39 is 0 Å². The van der Waals surface area contributed by atoms with Gasteiger partial charge in [0.1, 0.15) is 5.82 Å². The van der Waals surface area contributed by atoms with Crippen LogP contribution in [0.2, 0.25) is 0 Å². The highest BCUT2D eigenvalue weighted by atomic mass is 32.1. The summed E-state index contributed by atoms with van der Waals surface area (Å²) in [7, 11) is 0. The van der Waals surface area contributed by atoms with E-state index in [1.807, 2.05) is 11.3 Å². The molecule has 0 aliphatic rings. The van der Waals surface area contributed by atoms with Crippen LogP contribution in [-0.4, -0.2) is 9.36 Å². The van der Waals surface area contributed by atoms with Crippen molar-refractivity contribution in [3.05, 3.63) is 27.7 Å². The Kier molecular flexibility index (Phi) is 3.33. The Bertz CT molecular complexity index is 433. The second-order valence-electron chi connectivity index (χ2n) is 3.24. The van der Waals surface area contributed by atoms with E-state index >= 15 is 0 Å². The Morgan fingerprint density at radius 3 is 2.87 bits per heavy atom. The van der Waals surface area contributed by atoms with Gasteiger partial charge in [0.25, 0.3) is 0 Å². The van der Waals surface area contributed by atoms with E-state index in [9.17, 15) is 0 Å². The first-order chi connectivity index (χ1) is 7.28. The second-order valence-corrected chi connectivity index (χ2v) is 5.36. The van der Waals surface area contributed by atoms with Crippen molar-refractivity contribution in [3.8, 4) is 0 Å². The van der Waals surface area contributed by atoms with Crippen LogP contribution in [0.1, 0.15) is 22.5 Å². The minimum atomic E-state index is 0.844. The first-order valence-corrected chi connectivity index (χ1v) is 6.48. The molecule has 2 aromatic rings. The topological polar surface area (TPSA) is 37.8 Å². The first-order valence-electron chi connectivity index (χ1n) is 4.89. The van der Waals surface area contributed by atoms with Crippen LogP contribution in [0.4, 0.5) is 5.13 Å². The fraction of sp³-hybridized carbons (Fsp3) is 0.400. The predicted molar refractivity (Wildman–Crippen MR) is 65.7 cm³/mol. The van der Waals surface area contributed by atoms with E-state index in [4.69, 9.17) is 0 Å². The molecule has 5 heteroatoms. The van der Waals surface area contributed by atoms with Crippen LogP contribution in [0.25, 0.3) is 0 Å². The number of rotatable bonds is 4. The molecule has 2 rings (SSSR count). The van der Waals surface area contributed by atoms with Crippen molar-refractivity contribution in [3.63, 3.8) is 0 Å². The molecule has 0 aliphatic heterocycles. The lowest BCUT2D eigenvalue weighted by atomic mass is 10.4. The smallest absolute Gasteiger partial charge is 0.202 e.